The van der Waals surface area contributed by atoms with Crippen LogP contribution in [0.1, 0.15) is 0 Å². The molecule has 0 aromatic carbocycles. The van der Waals surface area contributed by atoms with Gasteiger partial charge in [0.25, 0.3) is 0 Å². The maximum absolute atomic E-state index is 10.9. The SMILES string of the molecule is COC(=O)/C=C1\[Se]C(=N)NC1=O. The van der Waals surface area contributed by atoms with E-state index in [4.69, 9.17) is 5.41 Å². The van der Waals surface area contributed by atoms with Crippen molar-refractivity contribution < 1.29 is 14.3 Å². The summed E-state index contributed by atoms with van der Waals surface area (Å²) in [5.41, 5.74) is 0. The van der Waals surface area contributed by atoms with Crippen molar-refractivity contribution >= 4 is 31.6 Å². The molecule has 1 saturated heterocycles. The van der Waals surface area contributed by atoms with E-state index < -0.39 is 5.97 Å². The normalized spacial score (nSPS) is 19.6. The molecule has 64 valence electrons. The van der Waals surface area contributed by atoms with Crippen molar-refractivity contribution in [2.75, 3.05) is 7.11 Å². The number of hydrogen-bond acceptors (Lipinski definition) is 4. The molecule has 1 amide bonds. The summed E-state index contributed by atoms with van der Waals surface area (Å²) < 4.78 is 4.84. The van der Waals surface area contributed by atoms with Crippen LogP contribution in [0.2, 0.25) is 0 Å². The minimum absolute atomic E-state index is 0.169. The molecule has 0 aliphatic carbocycles. The van der Waals surface area contributed by atoms with Gasteiger partial charge in [-0.05, 0) is 0 Å². The third-order valence-electron chi connectivity index (χ3n) is 1.11. The van der Waals surface area contributed by atoms with Crippen molar-refractivity contribution in [2.24, 2.45) is 0 Å². The van der Waals surface area contributed by atoms with Crippen LogP contribution in [0.5, 0.6) is 0 Å². The van der Waals surface area contributed by atoms with Gasteiger partial charge >= 0.3 is 74.3 Å². The molecule has 5 nitrogen and oxygen atoms in total. The third-order valence-corrected chi connectivity index (χ3v) is 2.85. The van der Waals surface area contributed by atoms with Crippen LogP contribution in [-0.2, 0) is 14.3 Å². The van der Waals surface area contributed by atoms with Gasteiger partial charge in [0.2, 0.25) is 0 Å². The first kappa shape index (κ1) is 8.96. The summed E-state index contributed by atoms with van der Waals surface area (Å²) >= 11 is -0.370. The molecule has 2 N–H and O–H groups in total. The van der Waals surface area contributed by atoms with E-state index >= 15 is 0 Å². The molecular weight excluding hydrogens is 227 g/mol. The summed E-state index contributed by atoms with van der Waals surface area (Å²) in [6.07, 6.45) is 1.12. The van der Waals surface area contributed by atoms with Crippen molar-refractivity contribution in [2.45, 2.75) is 0 Å². The average molecular weight is 233 g/mol. The summed E-state index contributed by atoms with van der Waals surface area (Å²) in [6, 6.07) is 0. The number of amidine groups is 1. The Balaban J connectivity index is 2.76. The number of carbonyl (C=O) groups excluding carboxylic acids is 2. The molecule has 1 fully saturated rings. The van der Waals surface area contributed by atoms with Gasteiger partial charge < -0.3 is 0 Å². The molecule has 0 atom stereocenters. The van der Waals surface area contributed by atoms with Crippen LogP contribution in [0.4, 0.5) is 0 Å². The van der Waals surface area contributed by atoms with Gasteiger partial charge in [-0.2, -0.15) is 0 Å². The fourth-order valence-electron chi connectivity index (χ4n) is 0.608. The van der Waals surface area contributed by atoms with Crippen molar-refractivity contribution in [3.05, 3.63) is 10.5 Å². The Kier molecular flexibility index (Phi) is 2.62. The molecule has 0 spiro atoms. The number of rotatable bonds is 1. The first-order chi connectivity index (χ1) is 5.63. The second-order valence-corrected chi connectivity index (χ2v) is 4.12. The average Bonchev–Trinajstić information content (AvgIpc) is 2.30. The topological polar surface area (TPSA) is 79.2 Å². The van der Waals surface area contributed by atoms with Crippen molar-refractivity contribution in [1.29, 1.82) is 5.41 Å². The summed E-state index contributed by atoms with van der Waals surface area (Å²) in [4.78, 5) is 21.6. The number of nitrogens with one attached hydrogen (secondary N) is 2. The molecule has 12 heavy (non-hydrogen) atoms. The van der Waals surface area contributed by atoms with E-state index in [0.717, 1.165) is 6.08 Å². The van der Waals surface area contributed by atoms with E-state index in [1.54, 1.807) is 0 Å². The van der Waals surface area contributed by atoms with Gasteiger partial charge in [0.1, 0.15) is 0 Å². The van der Waals surface area contributed by atoms with Gasteiger partial charge in [0.15, 0.2) is 0 Å². The third kappa shape index (κ3) is 1.93. The zero-order valence-corrected chi connectivity index (χ0v) is 7.92. The molecule has 0 aromatic rings. The summed E-state index contributed by atoms with van der Waals surface area (Å²) in [5, 5.41) is 9.41. The first-order valence-electron chi connectivity index (χ1n) is 3.01. The van der Waals surface area contributed by atoms with Crippen molar-refractivity contribution in [3.63, 3.8) is 0 Å². The van der Waals surface area contributed by atoms with Gasteiger partial charge in [0, 0.05) is 0 Å². The number of carbonyl (C=O) groups is 2. The minimum atomic E-state index is -0.559. The molecule has 0 radical (unpaired) electrons. The number of ether oxygens (including phenoxy) is 1. The van der Waals surface area contributed by atoms with Crippen LogP contribution in [-0.4, -0.2) is 38.7 Å². The quantitative estimate of drug-likeness (QED) is 0.339. The monoisotopic (exact) mass is 234 g/mol. The number of methoxy groups -OCH3 is 1. The van der Waals surface area contributed by atoms with Crippen LogP contribution in [0.15, 0.2) is 10.5 Å². The van der Waals surface area contributed by atoms with Gasteiger partial charge in [-0.3, -0.25) is 0 Å². The Hall–Kier alpha value is -1.13. The van der Waals surface area contributed by atoms with Gasteiger partial charge in [-0.15, -0.1) is 0 Å². The second kappa shape index (κ2) is 3.51. The van der Waals surface area contributed by atoms with Gasteiger partial charge in [0.05, 0.1) is 0 Å². The maximum atomic E-state index is 10.9. The fraction of sp³-hybridized carbons (Fsp3) is 0.167. The Morgan fingerprint density at radius 2 is 2.42 bits per heavy atom. The van der Waals surface area contributed by atoms with E-state index in [1.807, 2.05) is 0 Å². The van der Waals surface area contributed by atoms with E-state index in [1.165, 1.54) is 7.11 Å². The van der Waals surface area contributed by atoms with Crippen LogP contribution >= 0.6 is 0 Å². The molecular formula is C6H6N2O3Se. The summed E-state index contributed by atoms with van der Waals surface area (Å²) in [6.45, 7) is 0. The predicted octanol–water partition coefficient (Wildman–Crippen LogP) is -1.19. The van der Waals surface area contributed by atoms with E-state index in [-0.39, 0.29) is 25.6 Å². The molecule has 1 rings (SSSR count). The van der Waals surface area contributed by atoms with Crippen LogP contribution < -0.4 is 5.32 Å². The predicted molar refractivity (Wildman–Crippen MR) is 41.7 cm³/mol. The van der Waals surface area contributed by atoms with Gasteiger partial charge in [-0.25, -0.2) is 0 Å². The Morgan fingerprint density at radius 1 is 1.75 bits per heavy atom. The van der Waals surface area contributed by atoms with Crippen LogP contribution in [0.25, 0.3) is 0 Å². The van der Waals surface area contributed by atoms with Crippen LogP contribution in [0.3, 0.4) is 0 Å². The molecule has 1 aliphatic heterocycles. The molecule has 1 heterocycles. The summed E-state index contributed by atoms with van der Waals surface area (Å²) in [5.74, 6) is -0.929. The zero-order valence-electron chi connectivity index (χ0n) is 6.21. The van der Waals surface area contributed by atoms with Crippen molar-refractivity contribution in [1.82, 2.24) is 5.32 Å². The Labute approximate surface area is 74.8 Å². The van der Waals surface area contributed by atoms with E-state index in [9.17, 15) is 9.59 Å². The molecule has 1 aliphatic rings. The Bertz CT molecular complexity index is 285. The second-order valence-electron chi connectivity index (χ2n) is 1.92. The van der Waals surface area contributed by atoms with E-state index in [2.05, 4.69) is 10.1 Å². The zero-order chi connectivity index (χ0) is 9.14. The summed E-state index contributed by atoms with van der Waals surface area (Å²) in [7, 11) is 1.24. The molecule has 0 unspecified atom stereocenters. The first-order valence-corrected chi connectivity index (χ1v) is 4.72. The standard InChI is InChI=1S/C6H6N2O3Se/c1-11-4(9)2-3-5(10)8-6(7)12-3/h2H,1H3,(H2,7,8,10)/b3-2-. The number of amides is 1. The molecule has 6 heteroatoms. The van der Waals surface area contributed by atoms with Crippen molar-refractivity contribution in [3.8, 4) is 0 Å². The number of hydrogen-bond donors (Lipinski definition) is 2. The molecule has 0 bridgehead atoms. The van der Waals surface area contributed by atoms with Gasteiger partial charge in [-0.1, -0.05) is 0 Å². The Morgan fingerprint density at radius 3 is 2.83 bits per heavy atom. The molecule has 0 saturated carbocycles. The fourth-order valence-corrected chi connectivity index (χ4v) is 2.00. The number of esters is 1. The van der Waals surface area contributed by atoms with Crippen LogP contribution in [0, 0.1) is 5.41 Å². The molecule has 0 aromatic heterocycles. The van der Waals surface area contributed by atoms with E-state index in [0.29, 0.717) is 4.47 Å².